The summed E-state index contributed by atoms with van der Waals surface area (Å²) >= 11 is 0. The number of carbonyl (C=O) groups excluding carboxylic acids is 1. The van der Waals surface area contributed by atoms with Gasteiger partial charge in [0.15, 0.2) is 0 Å². The number of nitrogens with one attached hydrogen (secondary N) is 1. The van der Waals surface area contributed by atoms with Crippen LogP contribution in [0.3, 0.4) is 0 Å². The minimum atomic E-state index is -0.0241. The van der Waals surface area contributed by atoms with Crippen LogP contribution in [0, 0.1) is 18.3 Å². The van der Waals surface area contributed by atoms with E-state index in [-0.39, 0.29) is 18.5 Å². The molecule has 0 aliphatic rings. The van der Waals surface area contributed by atoms with Gasteiger partial charge in [0.05, 0.1) is 17.8 Å². The lowest BCUT2D eigenvalue weighted by Crippen LogP contribution is -2.40. The number of anilines is 1. The van der Waals surface area contributed by atoms with Crippen molar-refractivity contribution >= 4 is 11.6 Å². The SMILES string of the molecule is CCN(CC(=O)NC(C)C)c1c(C)cccc1C#N. The van der Waals surface area contributed by atoms with E-state index in [1.165, 1.54) is 0 Å². The summed E-state index contributed by atoms with van der Waals surface area (Å²) in [4.78, 5) is 13.8. The predicted octanol–water partition coefficient (Wildman–Crippen LogP) is 2.22. The number of carbonyl (C=O) groups is 1. The lowest BCUT2D eigenvalue weighted by molar-refractivity contribution is -0.120. The third kappa shape index (κ3) is 3.99. The van der Waals surface area contributed by atoms with Crippen LogP contribution in [0.25, 0.3) is 0 Å². The highest BCUT2D eigenvalue weighted by molar-refractivity contribution is 5.82. The van der Waals surface area contributed by atoms with Crippen molar-refractivity contribution in [2.45, 2.75) is 33.7 Å². The Hall–Kier alpha value is -2.02. The second-order valence-corrected chi connectivity index (χ2v) is 4.82. The van der Waals surface area contributed by atoms with Crippen molar-refractivity contribution in [1.29, 1.82) is 5.26 Å². The zero-order chi connectivity index (χ0) is 14.4. The van der Waals surface area contributed by atoms with Gasteiger partial charge in [-0.3, -0.25) is 4.79 Å². The van der Waals surface area contributed by atoms with E-state index in [0.29, 0.717) is 12.1 Å². The number of hydrogen-bond acceptors (Lipinski definition) is 3. The molecule has 4 heteroatoms. The van der Waals surface area contributed by atoms with Gasteiger partial charge in [0.2, 0.25) is 5.91 Å². The number of amides is 1. The number of nitrogens with zero attached hydrogens (tertiary/aromatic N) is 2. The molecule has 102 valence electrons. The third-order valence-electron chi connectivity index (χ3n) is 2.84. The van der Waals surface area contributed by atoms with E-state index in [2.05, 4.69) is 11.4 Å². The van der Waals surface area contributed by atoms with Crippen LogP contribution in [0.1, 0.15) is 31.9 Å². The topological polar surface area (TPSA) is 56.1 Å². The molecule has 0 saturated carbocycles. The van der Waals surface area contributed by atoms with Crippen molar-refractivity contribution in [2.24, 2.45) is 0 Å². The highest BCUT2D eigenvalue weighted by Crippen LogP contribution is 2.24. The van der Waals surface area contributed by atoms with E-state index in [9.17, 15) is 10.1 Å². The molecule has 0 unspecified atom stereocenters. The van der Waals surface area contributed by atoms with Crippen molar-refractivity contribution in [3.63, 3.8) is 0 Å². The first-order chi connectivity index (χ1) is 8.99. The molecule has 0 aromatic heterocycles. The number of aryl methyl sites for hydroxylation is 1. The standard InChI is InChI=1S/C15H21N3O/c1-5-18(10-14(19)17-11(2)3)15-12(4)7-6-8-13(15)9-16/h6-8,11H,5,10H2,1-4H3,(H,17,19). The monoisotopic (exact) mass is 259 g/mol. The average molecular weight is 259 g/mol. The average Bonchev–Trinajstić information content (AvgIpc) is 2.35. The molecule has 0 bridgehead atoms. The van der Waals surface area contributed by atoms with Crippen LogP contribution in [0.2, 0.25) is 0 Å². The first-order valence-corrected chi connectivity index (χ1v) is 6.53. The number of rotatable bonds is 5. The maximum Gasteiger partial charge on any atom is 0.239 e. The van der Waals surface area contributed by atoms with Gasteiger partial charge < -0.3 is 10.2 Å². The summed E-state index contributed by atoms with van der Waals surface area (Å²) in [5.41, 5.74) is 2.48. The fourth-order valence-electron chi connectivity index (χ4n) is 2.06. The Bertz CT molecular complexity index is 489. The van der Waals surface area contributed by atoms with Crippen LogP contribution in [0.15, 0.2) is 18.2 Å². The molecule has 0 atom stereocenters. The molecular weight excluding hydrogens is 238 g/mol. The van der Waals surface area contributed by atoms with Gasteiger partial charge in [0.1, 0.15) is 6.07 Å². The van der Waals surface area contributed by atoms with E-state index < -0.39 is 0 Å². The van der Waals surface area contributed by atoms with Gasteiger partial charge in [-0.2, -0.15) is 5.26 Å². The van der Waals surface area contributed by atoms with Crippen molar-refractivity contribution in [2.75, 3.05) is 18.0 Å². The Morgan fingerprint density at radius 1 is 1.47 bits per heavy atom. The molecular formula is C15H21N3O. The fraction of sp³-hybridized carbons (Fsp3) is 0.467. The second-order valence-electron chi connectivity index (χ2n) is 4.82. The number of likely N-dealkylation sites (N-methyl/N-ethyl adjacent to an activating group) is 1. The molecule has 1 aromatic rings. The third-order valence-corrected chi connectivity index (χ3v) is 2.84. The first kappa shape index (κ1) is 15.0. The largest absolute Gasteiger partial charge is 0.361 e. The molecule has 0 spiro atoms. The molecule has 19 heavy (non-hydrogen) atoms. The molecule has 0 fully saturated rings. The molecule has 1 rings (SSSR count). The van der Waals surface area contributed by atoms with Gasteiger partial charge in [-0.05, 0) is 39.3 Å². The van der Waals surface area contributed by atoms with Gasteiger partial charge >= 0.3 is 0 Å². The highest BCUT2D eigenvalue weighted by Gasteiger charge is 2.15. The zero-order valence-corrected chi connectivity index (χ0v) is 12.0. The van der Waals surface area contributed by atoms with Crippen molar-refractivity contribution in [1.82, 2.24) is 5.32 Å². The van der Waals surface area contributed by atoms with Crippen LogP contribution in [0.4, 0.5) is 5.69 Å². The normalized spacial score (nSPS) is 10.1. The van der Waals surface area contributed by atoms with E-state index in [0.717, 1.165) is 11.3 Å². The van der Waals surface area contributed by atoms with Gasteiger partial charge in [-0.15, -0.1) is 0 Å². The predicted molar refractivity (Wildman–Crippen MR) is 77.1 cm³/mol. The molecule has 0 radical (unpaired) electrons. The molecule has 0 saturated heterocycles. The quantitative estimate of drug-likeness (QED) is 0.882. The van der Waals surface area contributed by atoms with Crippen molar-refractivity contribution in [3.8, 4) is 6.07 Å². The summed E-state index contributed by atoms with van der Waals surface area (Å²) in [5, 5.41) is 12.1. The lowest BCUT2D eigenvalue weighted by Gasteiger charge is -2.25. The first-order valence-electron chi connectivity index (χ1n) is 6.53. The maximum atomic E-state index is 11.9. The Kier molecular flexibility index (Phi) is 5.37. The summed E-state index contributed by atoms with van der Waals surface area (Å²) in [6, 6.07) is 7.92. The minimum absolute atomic E-state index is 0.0241. The lowest BCUT2D eigenvalue weighted by atomic mass is 10.1. The zero-order valence-electron chi connectivity index (χ0n) is 12.0. The van der Waals surface area contributed by atoms with E-state index in [4.69, 9.17) is 0 Å². The molecule has 1 N–H and O–H groups in total. The second kappa shape index (κ2) is 6.79. The van der Waals surface area contributed by atoms with Gasteiger partial charge in [0.25, 0.3) is 0 Å². The molecule has 1 amide bonds. The highest BCUT2D eigenvalue weighted by atomic mass is 16.2. The number of para-hydroxylation sites is 1. The number of nitriles is 1. The number of hydrogen-bond donors (Lipinski definition) is 1. The van der Waals surface area contributed by atoms with Crippen LogP contribution in [-0.2, 0) is 4.79 Å². The van der Waals surface area contributed by atoms with Crippen LogP contribution in [0.5, 0.6) is 0 Å². The van der Waals surface area contributed by atoms with Gasteiger partial charge in [-0.25, -0.2) is 0 Å². The van der Waals surface area contributed by atoms with E-state index in [1.807, 2.05) is 44.7 Å². The van der Waals surface area contributed by atoms with Crippen LogP contribution in [-0.4, -0.2) is 25.0 Å². The Labute approximate surface area is 115 Å². The summed E-state index contributed by atoms with van der Waals surface area (Å²) < 4.78 is 0. The maximum absolute atomic E-state index is 11.9. The summed E-state index contributed by atoms with van der Waals surface area (Å²) in [6.45, 7) is 8.76. The molecule has 0 aliphatic carbocycles. The summed E-state index contributed by atoms with van der Waals surface area (Å²) in [5.74, 6) is -0.0241. The Morgan fingerprint density at radius 3 is 2.68 bits per heavy atom. The molecule has 4 nitrogen and oxygen atoms in total. The summed E-state index contributed by atoms with van der Waals surface area (Å²) in [6.07, 6.45) is 0. The van der Waals surface area contributed by atoms with Crippen LogP contribution < -0.4 is 10.2 Å². The minimum Gasteiger partial charge on any atom is -0.361 e. The summed E-state index contributed by atoms with van der Waals surface area (Å²) in [7, 11) is 0. The van der Waals surface area contributed by atoms with Crippen molar-refractivity contribution in [3.05, 3.63) is 29.3 Å². The molecule has 1 aromatic carbocycles. The van der Waals surface area contributed by atoms with Gasteiger partial charge in [-0.1, -0.05) is 12.1 Å². The smallest absolute Gasteiger partial charge is 0.239 e. The molecule has 0 heterocycles. The van der Waals surface area contributed by atoms with Crippen LogP contribution >= 0.6 is 0 Å². The van der Waals surface area contributed by atoms with Gasteiger partial charge in [0, 0.05) is 12.6 Å². The number of benzene rings is 1. The van der Waals surface area contributed by atoms with E-state index >= 15 is 0 Å². The fourth-order valence-corrected chi connectivity index (χ4v) is 2.06. The van der Waals surface area contributed by atoms with Crippen molar-refractivity contribution < 1.29 is 4.79 Å². The Morgan fingerprint density at radius 2 is 2.16 bits per heavy atom. The molecule has 0 aliphatic heterocycles. The van der Waals surface area contributed by atoms with E-state index in [1.54, 1.807) is 6.07 Å². The Balaban J connectivity index is 2.98.